The first kappa shape index (κ1) is 14.9. The summed E-state index contributed by atoms with van der Waals surface area (Å²) in [6, 6.07) is 15.9. The zero-order valence-electron chi connectivity index (χ0n) is 12.8. The molecule has 0 heterocycles. The third-order valence-corrected chi connectivity index (χ3v) is 6.07. The van der Waals surface area contributed by atoms with Crippen molar-refractivity contribution in [3.8, 4) is 0 Å². The van der Waals surface area contributed by atoms with Crippen LogP contribution in [0.5, 0.6) is 0 Å². The van der Waals surface area contributed by atoms with Gasteiger partial charge in [-0.1, -0.05) is 61.7 Å². The predicted molar refractivity (Wildman–Crippen MR) is 95.1 cm³/mol. The second-order valence-corrected chi connectivity index (χ2v) is 7.34. The molecule has 112 valence electrons. The van der Waals surface area contributed by atoms with Gasteiger partial charge in [0.25, 0.3) is 0 Å². The summed E-state index contributed by atoms with van der Waals surface area (Å²) in [7, 11) is 2.09. The van der Waals surface area contributed by atoms with Crippen molar-refractivity contribution in [1.29, 1.82) is 0 Å². The molecular formula is C19H25NS. The number of hydrogen-bond donors (Lipinski definition) is 1. The first-order chi connectivity index (χ1) is 10.4. The van der Waals surface area contributed by atoms with E-state index in [1.807, 2.05) is 0 Å². The fourth-order valence-corrected chi connectivity index (χ4v) is 4.82. The highest BCUT2D eigenvalue weighted by Gasteiger charge is 2.18. The molecule has 1 saturated carbocycles. The van der Waals surface area contributed by atoms with E-state index in [2.05, 4.69) is 66.6 Å². The quantitative estimate of drug-likeness (QED) is 0.817. The Hall–Kier alpha value is -0.990. The molecule has 0 radical (unpaired) electrons. The van der Waals surface area contributed by atoms with Crippen molar-refractivity contribution in [2.45, 2.75) is 43.4 Å². The summed E-state index contributed by atoms with van der Waals surface area (Å²) in [6.45, 7) is 0. The molecule has 3 rings (SSSR count). The maximum atomic E-state index is 3.53. The summed E-state index contributed by atoms with van der Waals surface area (Å²) in [5.74, 6) is 1.18. The molecule has 1 atom stereocenters. The van der Waals surface area contributed by atoms with Gasteiger partial charge >= 0.3 is 0 Å². The van der Waals surface area contributed by atoms with Crippen molar-refractivity contribution in [3.63, 3.8) is 0 Å². The van der Waals surface area contributed by atoms with Gasteiger partial charge in [0, 0.05) is 17.0 Å². The van der Waals surface area contributed by atoms with Crippen LogP contribution in [0.3, 0.4) is 0 Å². The number of thioether (sulfide) groups is 1. The van der Waals surface area contributed by atoms with Gasteiger partial charge in [-0.2, -0.15) is 11.8 Å². The fourth-order valence-electron chi connectivity index (χ4n) is 3.35. The number of fused-ring (bicyclic) bond motifs is 1. The molecule has 0 spiro atoms. The van der Waals surface area contributed by atoms with Crippen LogP contribution in [0.1, 0.15) is 43.7 Å². The minimum absolute atomic E-state index is 0.447. The molecule has 0 bridgehead atoms. The minimum Gasteiger partial charge on any atom is -0.312 e. The van der Waals surface area contributed by atoms with Gasteiger partial charge in [-0.3, -0.25) is 0 Å². The average Bonchev–Trinajstić information content (AvgIpc) is 2.56. The van der Waals surface area contributed by atoms with Crippen LogP contribution >= 0.6 is 11.8 Å². The van der Waals surface area contributed by atoms with E-state index in [-0.39, 0.29) is 0 Å². The number of rotatable bonds is 5. The molecule has 1 N–H and O–H groups in total. The van der Waals surface area contributed by atoms with E-state index in [1.54, 1.807) is 0 Å². The lowest BCUT2D eigenvalue weighted by atomic mass is 10.00. The second-order valence-electron chi connectivity index (χ2n) is 6.00. The summed E-state index contributed by atoms with van der Waals surface area (Å²) < 4.78 is 0. The van der Waals surface area contributed by atoms with Gasteiger partial charge in [0.1, 0.15) is 0 Å². The van der Waals surface area contributed by atoms with Crippen molar-refractivity contribution in [2.75, 3.05) is 12.8 Å². The normalized spacial score (nSPS) is 18.0. The second kappa shape index (κ2) is 7.33. The van der Waals surface area contributed by atoms with Crippen molar-refractivity contribution in [2.24, 2.45) is 0 Å². The van der Waals surface area contributed by atoms with Gasteiger partial charge in [-0.05, 0) is 36.2 Å². The third-order valence-electron chi connectivity index (χ3n) is 4.60. The molecule has 2 aromatic carbocycles. The van der Waals surface area contributed by atoms with Gasteiger partial charge in [-0.15, -0.1) is 0 Å². The molecule has 1 aliphatic carbocycles. The van der Waals surface area contributed by atoms with Crippen LogP contribution in [0.25, 0.3) is 10.8 Å². The maximum absolute atomic E-state index is 3.53. The van der Waals surface area contributed by atoms with Crippen molar-refractivity contribution in [1.82, 2.24) is 5.32 Å². The zero-order chi connectivity index (χ0) is 14.5. The van der Waals surface area contributed by atoms with Crippen LogP contribution < -0.4 is 5.32 Å². The van der Waals surface area contributed by atoms with Gasteiger partial charge in [0.05, 0.1) is 0 Å². The molecule has 0 amide bonds. The van der Waals surface area contributed by atoms with Crippen LogP contribution in [0.2, 0.25) is 0 Å². The molecule has 1 unspecified atom stereocenters. The van der Waals surface area contributed by atoms with Crippen LogP contribution in [0, 0.1) is 0 Å². The first-order valence-electron chi connectivity index (χ1n) is 8.15. The lowest BCUT2D eigenvalue weighted by Gasteiger charge is -2.24. The maximum Gasteiger partial charge on any atom is 0.0415 e. The monoisotopic (exact) mass is 299 g/mol. The van der Waals surface area contributed by atoms with E-state index in [1.165, 1.54) is 54.2 Å². The molecule has 2 aromatic rings. The summed E-state index contributed by atoms with van der Waals surface area (Å²) in [5.41, 5.74) is 1.44. The molecule has 1 aliphatic rings. The van der Waals surface area contributed by atoms with Crippen LogP contribution in [0.15, 0.2) is 42.5 Å². The predicted octanol–water partition coefficient (Wildman–Crippen LogP) is 5.17. The standard InChI is InChI=1S/C19H25NS/c1-20-19(14-21-16-10-3-2-4-11-16)18-13-7-9-15-8-5-6-12-17(15)18/h5-9,12-13,16,19-20H,2-4,10-11,14H2,1H3. The van der Waals surface area contributed by atoms with Crippen LogP contribution in [-0.2, 0) is 0 Å². The number of hydrogen-bond acceptors (Lipinski definition) is 2. The molecular weight excluding hydrogens is 274 g/mol. The fraction of sp³-hybridized carbons (Fsp3) is 0.474. The minimum atomic E-state index is 0.447. The van der Waals surface area contributed by atoms with E-state index < -0.39 is 0 Å². The Labute approximate surface area is 132 Å². The summed E-state index contributed by atoms with van der Waals surface area (Å²) in [4.78, 5) is 0. The van der Waals surface area contributed by atoms with Crippen molar-refractivity contribution < 1.29 is 0 Å². The molecule has 1 fully saturated rings. The number of nitrogens with one attached hydrogen (secondary N) is 1. The summed E-state index contributed by atoms with van der Waals surface area (Å²) in [5, 5.41) is 7.15. The Bertz CT molecular complexity index is 569. The van der Waals surface area contributed by atoms with E-state index in [9.17, 15) is 0 Å². The van der Waals surface area contributed by atoms with Crippen molar-refractivity contribution in [3.05, 3.63) is 48.0 Å². The molecule has 2 heteroatoms. The highest BCUT2D eigenvalue weighted by molar-refractivity contribution is 7.99. The lowest BCUT2D eigenvalue weighted by molar-refractivity contribution is 0.515. The SMILES string of the molecule is CNC(CSC1CCCCC1)c1cccc2ccccc12. The zero-order valence-corrected chi connectivity index (χ0v) is 13.7. The topological polar surface area (TPSA) is 12.0 Å². The molecule has 21 heavy (non-hydrogen) atoms. The highest BCUT2D eigenvalue weighted by atomic mass is 32.2. The Kier molecular flexibility index (Phi) is 5.21. The van der Waals surface area contributed by atoms with E-state index >= 15 is 0 Å². The van der Waals surface area contributed by atoms with Crippen molar-refractivity contribution >= 4 is 22.5 Å². The highest BCUT2D eigenvalue weighted by Crippen LogP contribution is 2.32. The Morgan fingerprint density at radius 2 is 1.81 bits per heavy atom. The Balaban J connectivity index is 1.75. The summed E-state index contributed by atoms with van der Waals surface area (Å²) >= 11 is 2.17. The van der Waals surface area contributed by atoms with Crippen LogP contribution in [0.4, 0.5) is 0 Å². The third kappa shape index (κ3) is 3.61. The Morgan fingerprint density at radius 3 is 2.62 bits per heavy atom. The summed E-state index contributed by atoms with van der Waals surface area (Å²) in [6.07, 6.45) is 7.12. The molecule has 1 nitrogen and oxygen atoms in total. The molecule has 0 aliphatic heterocycles. The van der Waals surface area contributed by atoms with E-state index in [0.717, 1.165) is 5.25 Å². The van der Waals surface area contributed by atoms with Gasteiger partial charge in [0.2, 0.25) is 0 Å². The smallest absolute Gasteiger partial charge is 0.0415 e. The van der Waals surface area contributed by atoms with Crippen LogP contribution in [-0.4, -0.2) is 18.1 Å². The molecule has 0 aromatic heterocycles. The van der Waals surface area contributed by atoms with Gasteiger partial charge in [-0.25, -0.2) is 0 Å². The van der Waals surface area contributed by atoms with E-state index in [4.69, 9.17) is 0 Å². The first-order valence-corrected chi connectivity index (χ1v) is 9.20. The van der Waals surface area contributed by atoms with Gasteiger partial charge < -0.3 is 5.32 Å². The van der Waals surface area contributed by atoms with E-state index in [0.29, 0.717) is 6.04 Å². The average molecular weight is 299 g/mol. The largest absolute Gasteiger partial charge is 0.312 e. The Morgan fingerprint density at radius 1 is 1.05 bits per heavy atom. The van der Waals surface area contributed by atoms with Gasteiger partial charge in [0.15, 0.2) is 0 Å². The number of benzene rings is 2. The molecule has 0 saturated heterocycles. The lowest BCUT2D eigenvalue weighted by Crippen LogP contribution is -2.21.